The molecule has 3 rings (SSSR count). The van der Waals surface area contributed by atoms with Crippen molar-refractivity contribution >= 4 is 17.4 Å². The Bertz CT molecular complexity index is 897. The van der Waals surface area contributed by atoms with Crippen LogP contribution in [0.15, 0.2) is 67.0 Å². The minimum atomic E-state index is -0.183. The van der Waals surface area contributed by atoms with Crippen LogP contribution in [0.3, 0.4) is 0 Å². The van der Waals surface area contributed by atoms with E-state index in [1.807, 2.05) is 56.3 Å². The molecule has 2 N–H and O–H groups in total. The molecule has 2 aromatic heterocycles. The second-order valence-electron chi connectivity index (χ2n) is 6.22. The quantitative estimate of drug-likeness (QED) is 0.666. The van der Waals surface area contributed by atoms with Gasteiger partial charge in [-0.25, -0.2) is 4.98 Å². The van der Waals surface area contributed by atoms with Gasteiger partial charge in [0.15, 0.2) is 0 Å². The van der Waals surface area contributed by atoms with E-state index in [1.165, 1.54) is 0 Å². The summed E-state index contributed by atoms with van der Waals surface area (Å²) in [5, 5.41) is 6.08. The van der Waals surface area contributed by atoms with Gasteiger partial charge < -0.3 is 15.4 Å². The lowest BCUT2D eigenvalue weighted by atomic mass is 10.2. The molecule has 0 atom stereocenters. The molecule has 0 aliphatic heterocycles. The first-order valence-electron chi connectivity index (χ1n) is 8.78. The van der Waals surface area contributed by atoms with Crippen LogP contribution in [0.25, 0.3) is 0 Å². The Morgan fingerprint density at radius 2 is 1.85 bits per heavy atom. The molecule has 1 amide bonds. The lowest BCUT2D eigenvalue weighted by Gasteiger charge is -2.15. The van der Waals surface area contributed by atoms with E-state index in [9.17, 15) is 4.79 Å². The zero-order valence-electron chi connectivity index (χ0n) is 15.3. The Morgan fingerprint density at radius 1 is 1.04 bits per heavy atom. The number of rotatable bonds is 7. The van der Waals surface area contributed by atoms with Gasteiger partial charge in [-0.15, -0.1) is 0 Å². The van der Waals surface area contributed by atoms with E-state index < -0.39 is 0 Å². The number of aromatic nitrogens is 2. The summed E-state index contributed by atoms with van der Waals surface area (Å²) in [6.07, 6.45) is 3.36. The molecule has 0 saturated carbocycles. The molecular formula is C21H22N4O2. The molecule has 0 aliphatic carbocycles. The lowest BCUT2D eigenvalue weighted by molar-refractivity contribution is 0.0950. The summed E-state index contributed by atoms with van der Waals surface area (Å²) in [6, 6.07) is 16.6. The van der Waals surface area contributed by atoms with Gasteiger partial charge in [-0.3, -0.25) is 9.78 Å². The van der Waals surface area contributed by atoms with Gasteiger partial charge in [0.05, 0.1) is 24.0 Å². The number of carbonyl (C=O) groups excluding carboxylic acids is 1. The second-order valence-corrected chi connectivity index (χ2v) is 6.22. The zero-order valence-corrected chi connectivity index (χ0v) is 15.3. The molecule has 0 saturated heterocycles. The van der Waals surface area contributed by atoms with Crippen LogP contribution in [-0.2, 0) is 6.54 Å². The highest BCUT2D eigenvalue weighted by Crippen LogP contribution is 2.27. The Labute approximate surface area is 158 Å². The number of amides is 1. The number of ether oxygens (including phenoxy) is 1. The van der Waals surface area contributed by atoms with Gasteiger partial charge in [0.25, 0.3) is 5.91 Å². The standard InChI is InChI=1S/C21H22N4O2/c1-15(2)27-19-9-4-3-8-18(19)25-20-13-16(10-12-23-20)21(26)24-14-17-7-5-6-11-22-17/h3-13,15H,14H2,1-2H3,(H,23,25)(H,24,26). The zero-order chi connectivity index (χ0) is 19.1. The van der Waals surface area contributed by atoms with Crippen molar-refractivity contribution in [1.82, 2.24) is 15.3 Å². The molecule has 0 spiro atoms. The summed E-state index contributed by atoms with van der Waals surface area (Å²) in [5.74, 6) is 1.12. The maximum atomic E-state index is 12.4. The molecule has 0 aliphatic rings. The maximum Gasteiger partial charge on any atom is 0.251 e. The number of pyridine rings is 2. The third-order valence-electron chi connectivity index (χ3n) is 3.69. The van der Waals surface area contributed by atoms with Crippen molar-refractivity contribution in [3.63, 3.8) is 0 Å². The van der Waals surface area contributed by atoms with Crippen molar-refractivity contribution in [1.29, 1.82) is 0 Å². The lowest BCUT2D eigenvalue weighted by Crippen LogP contribution is -2.23. The highest BCUT2D eigenvalue weighted by Gasteiger charge is 2.09. The fourth-order valence-corrected chi connectivity index (χ4v) is 2.48. The second kappa shape index (κ2) is 8.80. The first-order chi connectivity index (χ1) is 13.1. The molecular weight excluding hydrogens is 340 g/mol. The minimum Gasteiger partial charge on any atom is -0.489 e. The average Bonchev–Trinajstić information content (AvgIpc) is 2.68. The summed E-state index contributed by atoms with van der Waals surface area (Å²) in [6.45, 7) is 4.32. The Kier molecular flexibility index (Phi) is 5.99. The molecule has 138 valence electrons. The monoisotopic (exact) mass is 362 g/mol. The molecule has 2 heterocycles. The number of para-hydroxylation sites is 2. The summed E-state index contributed by atoms with van der Waals surface area (Å²) in [7, 11) is 0. The number of carbonyl (C=O) groups is 1. The van der Waals surface area contributed by atoms with E-state index in [2.05, 4.69) is 20.6 Å². The van der Waals surface area contributed by atoms with Crippen LogP contribution in [0.1, 0.15) is 29.9 Å². The normalized spacial score (nSPS) is 10.5. The molecule has 1 aromatic carbocycles. The van der Waals surface area contributed by atoms with Crippen LogP contribution < -0.4 is 15.4 Å². The highest BCUT2D eigenvalue weighted by atomic mass is 16.5. The smallest absolute Gasteiger partial charge is 0.251 e. The van der Waals surface area contributed by atoms with Crippen molar-refractivity contribution in [3.05, 3.63) is 78.2 Å². The van der Waals surface area contributed by atoms with Crippen LogP contribution in [0.4, 0.5) is 11.5 Å². The third kappa shape index (κ3) is 5.28. The fraction of sp³-hybridized carbons (Fsp3) is 0.190. The van der Waals surface area contributed by atoms with E-state index >= 15 is 0 Å². The third-order valence-corrected chi connectivity index (χ3v) is 3.69. The van der Waals surface area contributed by atoms with Gasteiger partial charge in [0.1, 0.15) is 11.6 Å². The molecule has 6 heteroatoms. The van der Waals surface area contributed by atoms with E-state index in [-0.39, 0.29) is 12.0 Å². The highest BCUT2D eigenvalue weighted by molar-refractivity contribution is 5.94. The largest absolute Gasteiger partial charge is 0.489 e. The van der Waals surface area contributed by atoms with E-state index in [1.54, 1.807) is 24.5 Å². The van der Waals surface area contributed by atoms with Gasteiger partial charge in [-0.2, -0.15) is 0 Å². The van der Waals surface area contributed by atoms with E-state index in [4.69, 9.17) is 4.74 Å². The van der Waals surface area contributed by atoms with Crippen molar-refractivity contribution in [2.75, 3.05) is 5.32 Å². The molecule has 6 nitrogen and oxygen atoms in total. The van der Waals surface area contributed by atoms with Gasteiger partial charge in [0, 0.05) is 18.0 Å². The number of nitrogens with one attached hydrogen (secondary N) is 2. The summed E-state index contributed by atoms with van der Waals surface area (Å²) in [5.41, 5.74) is 2.12. The Hall–Kier alpha value is -3.41. The van der Waals surface area contributed by atoms with Gasteiger partial charge in [-0.1, -0.05) is 18.2 Å². The van der Waals surface area contributed by atoms with Gasteiger partial charge in [0.2, 0.25) is 0 Å². The molecule has 0 unspecified atom stereocenters. The number of nitrogens with zero attached hydrogens (tertiary/aromatic N) is 2. The van der Waals surface area contributed by atoms with Crippen molar-refractivity contribution in [2.45, 2.75) is 26.5 Å². The summed E-state index contributed by atoms with van der Waals surface area (Å²) < 4.78 is 5.81. The van der Waals surface area contributed by atoms with E-state index in [0.29, 0.717) is 17.9 Å². The molecule has 0 bridgehead atoms. The van der Waals surface area contributed by atoms with Crippen LogP contribution in [-0.4, -0.2) is 22.0 Å². The predicted molar refractivity (Wildman–Crippen MR) is 105 cm³/mol. The van der Waals surface area contributed by atoms with E-state index in [0.717, 1.165) is 17.1 Å². The van der Waals surface area contributed by atoms with Crippen LogP contribution in [0.5, 0.6) is 5.75 Å². The number of anilines is 2. The molecule has 27 heavy (non-hydrogen) atoms. The SMILES string of the molecule is CC(C)Oc1ccccc1Nc1cc(C(=O)NCc2ccccn2)ccn1. The first kappa shape index (κ1) is 18.4. The van der Waals surface area contributed by atoms with Crippen molar-refractivity contribution < 1.29 is 9.53 Å². The van der Waals surface area contributed by atoms with Gasteiger partial charge >= 0.3 is 0 Å². The van der Waals surface area contributed by atoms with Crippen LogP contribution in [0.2, 0.25) is 0 Å². The van der Waals surface area contributed by atoms with Crippen molar-refractivity contribution in [3.8, 4) is 5.75 Å². The fourth-order valence-electron chi connectivity index (χ4n) is 2.48. The molecule has 0 fully saturated rings. The number of hydrogen-bond donors (Lipinski definition) is 2. The average molecular weight is 362 g/mol. The predicted octanol–water partition coefficient (Wildman–Crippen LogP) is 3.94. The minimum absolute atomic E-state index is 0.0598. The maximum absolute atomic E-state index is 12.4. The summed E-state index contributed by atoms with van der Waals surface area (Å²) in [4.78, 5) is 20.9. The Morgan fingerprint density at radius 3 is 2.63 bits per heavy atom. The number of benzene rings is 1. The number of hydrogen-bond acceptors (Lipinski definition) is 5. The Balaban J connectivity index is 1.69. The van der Waals surface area contributed by atoms with Crippen LogP contribution >= 0.6 is 0 Å². The summed E-state index contributed by atoms with van der Waals surface area (Å²) >= 11 is 0. The van der Waals surface area contributed by atoms with Crippen molar-refractivity contribution in [2.24, 2.45) is 0 Å². The molecule has 0 radical (unpaired) electrons. The first-order valence-corrected chi connectivity index (χ1v) is 8.78. The van der Waals surface area contributed by atoms with Gasteiger partial charge in [-0.05, 0) is 50.2 Å². The van der Waals surface area contributed by atoms with Crippen LogP contribution in [0, 0.1) is 0 Å². The topological polar surface area (TPSA) is 76.1 Å². The molecule has 3 aromatic rings.